The highest BCUT2D eigenvalue weighted by molar-refractivity contribution is 6.03. The third-order valence-electron chi connectivity index (χ3n) is 4.77. The van der Waals surface area contributed by atoms with E-state index < -0.39 is 23.8 Å². The molecule has 1 aromatic carbocycles. The van der Waals surface area contributed by atoms with Crippen molar-refractivity contribution in [3.63, 3.8) is 0 Å². The Labute approximate surface area is 150 Å². The quantitative estimate of drug-likeness (QED) is 0.717. The molecule has 1 heterocycles. The second-order valence-electron chi connectivity index (χ2n) is 6.47. The highest BCUT2D eigenvalue weighted by atomic mass is 16.3. The lowest BCUT2D eigenvalue weighted by molar-refractivity contribution is 0.101. The molecule has 2 aromatic rings. The van der Waals surface area contributed by atoms with Crippen LogP contribution in [0.2, 0.25) is 0 Å². The van der Waals surface area contributed by atoms with Crippen LogP contribution in [0, 0.1) is 12.8 Å². The van der Waals surface area contributed by atoms with Gasteiger partial charge in [0.1, 0.15) is 5.82 Å². The number of aliphatic hydroxyl groups excluding tert-OH is 2. The molecule has 3 atom stereocenters. The van der Waals surface area contributed by atoms with Crippen molar-refractivity contribution < 1.29 is 15.0 Å². The van der Waals surface area contributed by atoms with Crippen molar-refractivity contribution in [2.45, 2.75) is 25.5 Å². The Kier molecular flexibility index (Phi) is 5.01. The van der Waals surface area contributed by atoms with Crippen LogP contribution in [0.1, 0.15) is 28.4 Å². The van der Waals surface area contributed by atoms with Crippen LogP contribution in [0.25, 0.3) is 0 Å². The Bertz CT molecular complexity index is 891. The summed E-state index contributed by atoms with van der Waals surface area (Å²) in [4.78, 5) is 28.7. The zero-order chi connectivity index (χ0) is 18.8. The van der Waals surface area contributed by atoms with Crippen molar-refractivity contribution >= 4 is 11.7 Å². The molecule has 3 N–H and O–H groups in total. The van der Waals surface area contributed by atoms with Crippen LogP contribution in [0.5, 0.6) is 0 Å². The van der Waals surface area contributed by atoms with Gasteiger partial charge < -0.3 is 15.5 Å². The number of hydrogen-bond donors (Lipinski definition) is 3. The van der Waals surface area contributed by atoms with Gasteiger partial charge in [-0.05, 0) is 31.1 Å². The minimum Gasteiger partial charge on any atom is -0.396 e. The maximum Gasteiger partial charge on any atom is 0.350 e. The maximum atomic E-state index is 12.5. The molecule has 1 fully saturated rings. The second-order valence-corrected chi connectivity index (χ2v) is 6.47. The van der Waals surface area contributed by atoms with Gasteiger partial charge in [0, 0.05) is 23.2 Å². The molecule has 26 heavy (non-hydrogen) atoms. The lowest BCUT2D eigenvalue weighted by atomic mass is 10.0. The summed E-state index contributed by atoms with van der Waals surface area (Å²) < 4.78 is 1.40. The number of carbonyl (C=O) groups is 1. The van der Waals surface area contributed by atoms with Crippen molar-refractivity contribution in [2.24, 2.45) is 5.92 Å². The van der Waals surface area contributed by atoms with Crippen LogP contribution in [-0.2, 0) is 0 Å². The number of nitrogens with zero attached hydrogens (tertiary/aromatic N) is 2. The number of aromatic nitrogens is 2. The van der Waals surface area contributed by atoms with Gasteiger partial charge in [0.05, 0.1) is 18.8 Å². The zero-order valence-electron chi connectivity index (χ0n) is 14.4. The molecule has 1 aromatic heterocycles. The molecule has 7 nitrogen and oxygen atoms in total. The summed E-state index contributed by atoms with van der Waals surface area (Å²) in [5, 5.41) is 22.1. The molecule has 0 aliphatic heterocycles. The lowest BCUT2D eigenvalue weighted by Gasteiger charge is -2.18. The minimum absolute atomic E-state index is 0.197. The number of benzene rings is 1. The van der Waals surface area contributed by atoms with Gasteiger partial charge >= 0.3 is 5.69 Å². The molecule has 136 valence electrons. The molecule has 0 spiro atoms. The predicted octanol–water partition coefficient (Wildman–Crippen LogP) is 1.27. The van der Waals surface area contributed by atoms with E-state index >= 15 is 0 Å². The Morgan fingerprint density at radius 3 is 2.69 bits per heavy atom. The average molecular weight is 355 g/mol. The van der Waals surface area contributed by atoms with Crippen molar-refractivity contribution in [2.75, 3.05) is 11.9 Å². The van der Waals surface area contributed by atoms with Gasteiger partial charge in [-0.2, -0.15) is 4.98 Å². The van der Waals surface area contributed by atoms with Gasteiger partial charge in [0.2, 0.25) is 0 Å². The molecular weight excluding hydrogens is 334 g/mol. The van der Waals surface area contributed by atoms with Crippen molar-refractivity contribution in [3.05, 3.63) is 70.3 Å². The van der Waals surface area contributed by atoms with Gasteiger partial charge in [0.25, 0.3) is 5.91 Å². The molecule has 0 unspecified atom stereocenters. The molecule has 1 aliphatic carbocycles. The number of hydrogen-bond acceptors (Lipinski definition) is 5. The molecule has 1 aliphatic rings. The van der Waals surface area contributed by atoms with Crippen molar-refractivity contribution in [1.29, 1.82) is 0 Å². The van der Waals surface area contributed by atoms with E-state index in [4.69, 9.17) is 0 Å². The van der Waals surface area contributed by atoms with E-state index in [2.05, 4.69) is 16.9 Å². The zero-order valence-corrected chi connectivity index (χ0v) is 14.4. The highest BCUT2D eigenvalue weighted by Crippen LogP contribution is 2.38. The number of rotatable bonds is 4. The summed E-state index contributed by atoms with van der Waals surface area (Å²) in [5.41, 5.74) is 1.14. The van der Waals surface area contributed by atoms with E-state index in [1.165, 1.54) is 4.57 Å². The summed E-state index contributed by atoms with van der Waals surface area (Å²) in [5.74, 6) is -0.605. The second kappa shape index (κ2) is 7.23. The molecule has 0 bridgehead atoms. The smallest absolute Gasteiger partial charge is 0.350 e. The number of aliphatic hydroxyl groups is 2. The number of aryl methyl sites for hydroxylation is 1. The third-order valence-corrected chi connectivity index (χ3v) is 4.77. The van der Waals surface area contributed by atoms with Gasteiger partial charge in [-0.3, -0.25) is 9.36 Å². The molecule has 0 radical (unpaired) electrons. The third kappa shape index (κ3) is 3.31. The van der Waals surface area contributed by atoms with E-state index in [0.29, 0.717) is 23.1 Å². The normalized spacial score (nSPS) is 22.4. The van der Waals surface area contributed by atoms with Crippen LogP contribution < -0.4 is 11.0 Å². The average Bonchev–Trinajstić information content (AvgIpc) is 2.92. The van der Waals surface area contributed by atoms with Gasteiger partial charge in [-0.15, -0.1) is 0 Å². The standard InChI is InChI=1S/C19H21N3O4/c1-11-9-22(15-8-16(24)14(10-23)12(15)2)19(26)21-17(11)20-18(25)13-6-4-3-5-7-13/h3-7,9,14-16,23-24H,2,8,10H2,1H3,(H,20,21,25,26)/t14-,15-,16-/m0/s1. The summed E-state index contributed by atoms with van der Waals surface area (Å²) >= 11 is 0. The molecule has 0 saturated heterocycles. The Hall–Kier alpha value is -2.77. The fraction of sp³-hybridized carbons (Fsp3) is 0.316. The summed E-state index contributed by atoms with van der Waals surface area (Å²) in [7, 11) is 0. The monoisotopic (exact) mass is 355 g/mol. The first kappa shape index (κ1) is 18.0. The van der Waals surface area contributed by atoms with E-state index in [1.807, 2.05) is 6.07 Å². The molecule has 1 amide bonds. The van der Waals surface area contributed by atoms with Gasteiger partial charge in [-0.1, -0.05) is 24.8 Å². The summed E-state index contributed by atoms with van der Waals surface area (Å²) in [6.07, 6.45) is 1.14. The van der Waals surface area contributed by atoms with Crippen LogP contribution in [0.3, 0.4) is 0 Å². The topological polar surface area (TPSA) is 104 Å². The predicted molar refractivity (Wildman–Crippen MR) is 97.0 cm³/mol. The minimum atomic E-state index is -0.748. The Balaban J connectivity index is 1.87. The van der Waals surface area contributed by atoms with E-state index in [-0.39, 0.29) is 18.3 Å². The van der Waals surface area contributed by atoms with E-state index in [1.54, 1.807) is 37.4 Å². The number of carbonyl (C=O) groups excluding carboxylic acids is 1. The van der Waals surface area contributed by atoms with Crippen LogP contribution in [0.15, 0.2) is 53.5 Å². The Morgan fingerprint density at radius 2 is 2.08 bits per heavy atom. The fourth-order valence-electron chi connectivity index (χ4n) is 3.26. The van der Waals surface area contributed by atoms with E-state index in [9.17, 15) is 19.8 Å². The number of amides is 1. The number of anilines is 1. The first-order chi connectivity index (χ1) is 12.4. The van der Waals surface area contributed by atoms with Crippen LogP contribution in [-0.4, -0.2) is 38.4 Å². The maximum absolute atomic E-state index is 12.5. The first-order valence-corrected chi connectivity index (χ1v) is 8.36. The first-order valence-electron chi connectivity index (χ1n) is 8.36. The van der Waals surface area contributed by atoms with Gasteiger partial charge in [-0.25, -0.2) is 4.79 Å². The fourth-order valence-corrected chi connectivity index (χ4v) is 3.26. The Morgan fingerprint density at radius 1 is 1.38 bits per heavy atom. The number of nitrogens with one attached hydrogen (secondary N) is 1. The van der Waals surface area contributed by atoms with Crippen LogP contribution in [0.4, 0.5) is 5.82 Å². The van der Waals surface area contributed by atoms with Crippen molar-refractivity contribution in [1.82, 2.24) is 9.55 Å². The van der Waals surface area contributed by atoms with Gasteiger partial charge in [0.15, 0.2) is 0 Å². The van der Waals surface area contributed by atoms with Crippen molar-refractivity contribution in [3.8, 4) is 0 Å². The largest absolute Gasteiger partial charge is 0.396 e. The van der Waals surface area contributed by atoms with E-state index in [0.717, 1.165) is 0 Å². The molecule has 7 heteroatoms. The molecule has 1 saturated carbocycles. The molecular formula is C19H21N3O4. The highest BCUT2D eigenvalue weighted by Gasteiger charge is 2.37. The summed E-state index contributed by atoms with van der Waals surface area (Å²) in [6.45, 7) is 5.44. The molecule has 3 rings (SSSR count). The lowest BCUT2D eigenvalue weighted by Crippen LogP contribution is -2.29. The summed E-state index contributed by atoms with van der Waals surface area (Å²) in [6, 6.07) is 8.23. The van der Waals surface area contributed by atoms with Crippen LogP contribution >= 0.6 is 0 Å². The SMILES string of the molecule is C=C1[C@H](CO)[C@@H](O)C[C@@H]1n1cc(C)c(NC(=O)c2ccccc2)nc1=O.